The molecule has 2 aromatic carbocycles. The molecule has 1 atom stereocenters. The summed E-state index contributed by atoms with van der Waals surface area (Å²) in [7, 11) is 0. The van der Waals surface area contributed by atoms with E-state index in [0.717, 1.165) is 23.1 Å². The van der Waals surface area contributed by atoms with Gasteiger partial charge in [0.25, 0.3) is 5.91 Å². The topological polar surface area (TPSA) is 85.8 Å². The first-order chi connectivity index (χ1) is 13.1. The molecular formula is C21H21N5O. The predicted molar refractivity (Wildman–Crippen MR) is 108 cm³/mol. The summed E-state index contributed by atoms with van der Waals surface area (Å²) in [5.74, 6) is 0.110. The Labute approximate surface area is 157 Å². The number of aromatic nitrogens is 3. The zero-order valence-corrected chi connectivity index (χ0v) is 15.3. The SMILES string of the molecule is CCC(C)NC(=O)c1c(N)n(-c2ccccc2)c2nc3ccccc3nc12. The molecule has 0 saturated heterocycles. The third-order valence-electron chi connectivity index (χ3n) is 4.73. The van der Waals surface area contributed by atoms with Crippen molar-refractivity contribution in [3.63, 3.8) is 0 Å². The van der Waals surface area contributed by atoms with Gasteiger partial charge in [-0.05, 0) is 37.6 Å². The van der Waals surface area contributed by atoms with Crippen LogP contribution in [0.1, 0.15) is 30.6 Å². The van der Waals surface area contributed by atoms with E-state index in [-0.39, 0.29) is 11.9 Å². The molecule has 2 aromatic heterocycles. The first-order valence-corrected chi connectivity index (χ1v) is 9.03. The number of carbonyl (C=O) groups excluding carboxylic acids is 1. The molecule has 0 fully saturated rings. The fourth-order valence-corrected chi connectivity index (χ4v) is 3.12. The lowest BCUT2D eigenvalue weighted by Crippen LogP contribution is -2.32. The average molecular weight is 359 g/mol. The highest BCUT2D eigenvalue weighted by Crippen LogP contribution is 2.30. The number of hydrogen-bond donors (Lipinski definition) is 2. The molecule has 0 aliphatic heterocycles. The van der Waals surface area contributed by atoms with Gasteiger partial charge < -0.3 is 11.1 Å². The second-order valence-electron chi connectivity index (χ2n) is 6.60. The van der Waals surface area contributed by atoms with Gasteiger partial charge in [0.15, 0.2) is 5.65 Å². The van der Waals surface area contributed by atoms with Gasteiger partial charge in [-0.1, -0.05) is 37.3 Å². The van der Waals surface area contributed by atoms with Gasteiger partial charge in [0.2, 0.25) is 0 Å². The molecule has 27 heavy (non-hydrogen) atoms. The van der Waals surface area contributed by atoms with Gasteiger partial charge in [0.1, 0.15) is 16.9 Å². The van der Waals surface area contributed by atoms with E-state index in [2.05, 4.69) is 5.32 Å². The van der Waals surface area contributed by atoms with Gasteiger partial charge in [-0.2, -0.15) is 0 Å². The number of benzene rings is 2. The van der Waals surface area contributed by atoms with Gasteiger partial charge in [0.05, 0.1) is 11.0 Å². The number of nitrogen functional groups attached to an aromatic ring is 1. The van der Waals surface area contributed by atoms with E-state index in [0.29, 0.717) is 22.5 Å². The minimum atomic E-state index is -0.230. The van der Waals surface area contributed by atoms with Crippen LogP contribution in [-0.2, 0) is 0 Å². The standard InChI is InChI=1S/C21H21N5O/c1-3-13(2)23-21(27)17-18-20(25-16-12-8-7-11-15(16)24-18)26(19(17)22)14-9-5-4-6-10-14/h4-13H,3,22H2,1-2H3,(H,23,27). The monoisotopic (exact) mass is 359 g/mol. The van der Waals surface area contributed by atoms with Crippen LogP contribution in [0.5, 0.6) is 0 Å². The Morgan fingerprint density at radius 1 is 1.07 bits per heavy atom. The quantitative estimate of drug-likeness (QED) is 0.582. The van der Waals surface area contributed by atoms with E-state index in [1.807, 2.05) is 68.4 Å². The Morgan fingerprint density at radius 3 is 2.37 bits per heavy atom. The number of nitrogens with zero attached hydrogens (tertiary/aromatic N) is 3. The van der Waals surface area contributed by atoms with Crippen LogP contribution in [0.4, 0.5) is 5.82 Å². The average Bonchev–Trinajstić information content (AvgIpc) is 2.97. The van der Waals surface area contributed by atoms with Crippen molar-refractivity contribution < 1.29 is 4.79 Å². The molecular weight excluding hydrogens is 338 g/mol. The summed E-state index contributed by atoms with van der Waals surface area (Å²) in [6, 6.07) is 17.3. The van der Waals surface area contributed by atoms with Gasteiger partial charge in [-0.15, -0.1) is 0 Å². The highest BCUT2D eigenvalue weighted by molar-refractivity contribution is 6.11. The summed E-state index contributed by atoms with van der Waals surface area (Å²) in [5.41, 5.74) is 10.2. The molecule has 136 valence electrons. The molecule has 0 spiro atoms. The van der Waals surface area contributed by atoms with Crippen molar-refractivity contribution in [1.82, 2.24) is 19.9 Å². The fourth-order valence-electron chi connectivity index (χ4n) is 3.12. The number of hydrogen-bond acceptors (Lipinski definition) is 4. The number of para-hydroxylation sites is 3. The van der Waals surface area contributed by atoms with Crippen molar-refractivity contribution >= 4 is 33.9 Å². The minimum absolute atomic E-state index is 0.0421. The van der Waals surface area contributed by atoms with E-state index >= 15 is 0 Å². The van der Waals surface area contributed by atoms with Gasteiger partial charge in [-0.3, -0.25) is 9.36 Å². The lowest BCUT2D eigenvalue weighted by Gasteiger charge is -2.11. The number of nitrogens with one attached hydrogen (secondary N) is 1. The summed E-state index contributed by atoms with van der Waals surface area (Å²) in [6.45, 7) is 3.99. The Bertz CT molecular complexity index is 1130. The number of nitrogens with two attached hydrogens (primary N) is 1. The molecule has 1 amide bonds. The molecule has 1 unspecified atom stereocenters. The predicted octanol–water partition coefficient (Wildman–Crippen LogP) is 3.68. The van der Waals surface area contributed by atoms with Crippen molar-refractivity contribution in [2.24, 2.45) is 0 Å². The largest absolute Gasteiger partial charge is 0.384 e. The lowest BCUT2D eigenvalue weighted by atomic mass is 10.2. The zero-order chi connectivity index (χ0) is 19.0. The van der Waals surface area contributed by atoms with Crippen LogP contribution in [-0.4, -0.2) is 26.5 Å². The summed E-state index contributed by atoms with van der Waals surface area (Å²) < 4.78 is 1.79. The highest BCUT2D eigenvalue weighted by atomic mass is 16.1. The van der Waals surface area contributed by atoms with Crippen LogP contribution in [0.15, 0.2) is 54.6 Å². The van der Waals surface area contributed by atoms with Crippen molar-refractivity contribution in [2.75, 3.05) is 5.73 Å². The second-order valence-corrected chi connectivity index (χ2v) is 6.60. The van der Waals surface area contributed by atoms with Crippen molar-refractivity contribution in [3.8, 4) is 5.69 Å². The van der Waals surface area contributed by atoms with Crippen LogP contribution in [0.25, 0.3) is 27.9 Å². The van der Waals surface area contributed by atoms with Crippen molar-refractivity contribution in [3.05, 3.63) is 60.2 Å². The number of fused-ring (bicyclic) bond motifs is 2. The normalized spacial score (nSPS) is 12.4. The number of anilines is 1. The first kappa shape index (κ1) is 17.0. The summed E-state index contributed by atoms with van der Waals surface area (Å²) in [5, 5.41) is 2.99. The van der Waals surface area contributed by atoms with E-state index in [1.165, 1.54) is 0 Å². The van der Waals surface area contributed by atoms with Gasteiger partial charge in [0, 0.05) is 11.7 Å². The smallest absolute Gasteiger partial charge is 0.257 e. The van der Waals surface area contributed by atoms with E-state index in [9.17, 15) is 4.79 Å². The Balaban J connectivity index is 2.03. The highest BCUT2D eigenvalue weighted by Gasteiger charge is 2.25. The van der Waals surface area contributed by atoms with Crippen molar-refractivity contribution in [2.45, 2.75) is 26.3 Å². The van der Waals surface area contributed by atoms with E-state index in [1.54, 1.807) is 4.57 Å². The van der Waals surface area contributed by atoms with Crippen LogP contribution in [0, 0.1) is 0 Å². The van der Waals surface area contributed by atoms with E-state index in [4.69, 9.17) is 15.7 Å². The molecule has 0 aliphatic rings. The molecule has 2 heterocycles. The summed E-state index contributed by atoms with van der Waals surface area (Å²) in [6.07, 6.45) is 0.831. The molecule has 6 heteroatoms. The molecule has 6 nitrogen and oxygen atoms in total. The fraction of sp³-hybridized carbons (Fsp3) is 0.190. The Morgan fingerprint density at radius 2 is 1.70 bits per heavy atom. The number of rotatable bonds is 4. The maximum Gasteiger partial charge on any atom is 0.257 e. The molecule has 0 radical (unpaired) electrons. The van der Waals surface area contributed by atoms with Crippen LogP contribution in [0.2, 0.25) is 0 Å². The van der Waals surface area contributed by atoms with Crippen molar-refractivity contribution in [1.29, 1.82) is 0 Å². The molecule has 0 aliphatic carbocycles. The summed E-state index contributed by atoms with van der Waals surface area (Å²) in [4.78, 5) is 22.4. The number of carbonyl (C=O) groups is 1. The van der Waals surface area contributed by atoms with Crippen LogP contribution in [0.3, 0.4) is 0 Å². The Hall–Kier alpha value is -3.41. The van der Waals surface area contributed by atoms with Crippen LogP contribution >= 0.6 is 0 Å². The maximum atomic E-state index is 13.0. The molecule has 4 aromatic rings. The van der Waals surface area contributed by atoms with E-state index < -0.39 is 0 Å². The first-order valence-electron chi connectivity index (χ1n) is 9.03. The molecule has 4 rings (SSSR count). The lowest BCUT2D eigenvalue weighted by molar-refractivity contribution is 0.0941. The number of amides is 1. The van der Waals surface area contributed by atoms with Gasteiger partial charge in [-0.25, -0.2) is 9.97 Å². The minimum Gasteiger partial charge on any atom is -0.384 e. The van der Waals surface area contributed by atoms with Crippen LogP contribution < -0.4 is 11.1 Å². The Kier molecular flexibility index (Phi) is 4.24. The third-order valence-corrected chi connectivity index (χ3v) is 4.73. The second kappa shape index (κ2) is 6.72. The molecule has 0 bridgehead atoms. The summed E-state index contributed by atoms with van der Waals surface area (Å²) >= 11 is 0. The zero-order valence-electron chi connectivity index (χ0n) is 15.3. The maximum absolute atomic E-state index is 13.0. The van der Waals surface area contributed by atoms with Gasteiger partial charge >= 0.3 is 0 Å². The third kappa shape index (κ3) is 2.89. The molecule has 0 saturated carbocycles. The molecule has 3 N–H and O–H groups in total.